The zero-order valence-corrected chi connectivity index (χ0v) is 11.9. The maximum absolute atomic E-state index is 12.9. The monoisotopic (exact) mass is 316 g/mol. The number of nitrogens with two attached hydrogens (primary N) is 1. The van der Waals surface area contributed by atoms with E-state index in [1.807, 2.05) is 0 Å². The van der Waals surface area contributed by atoms with Crippen molar-refractivity contribution < 1.29 is 9.18 Å². The van der Waals surface area contributed by atoms with Crippen LogP contribution < -0.4 is 5.73 Å². The lowest BCUT2D eigenvalue weighted by Crippen LogP contribution is -2.12. The summed E-state index contributed by atoms with van der Waals surface area (Å²) >= 11 is 13.6. The molecule has 1 aromatic heterocycles. The minimum atomic E-state index is -0.526. The maximum Gasteiger partial charge on any atom is 0.221 e. The highest BCUT2D eigenvalue weighted by Gasteiger charge is 2.17. The van der Waals surface area contributed by atoms with E-state index in [4.69, 9.17) is 28.9 Å². The third-order valence-electron chi connectivity index (χ3n) is 2.51. The normalized spacial score (nSPS) is 10.7. The van der Waals surface area contributed by atoms with Crippen molar-refractivity contribution >= 4 is 40.4 Å². The Morgan fingerprint density at radius 1 is 1.32 bits per heavy atom. The van der Waals surface area contributed by atoms with E-state index in [0.717, 1.165) is 10.4 Å². The lowest BCUT2D eigenvalue weighted by Gasteiger charge is -2.00. The predicted octanol–water partition coefficient (Wildman–Crippen LogP) is 4.09. The summed E-state index contributed by atoms with van der Waals surface area (Å²) < 4.78 is 13.4. The van der Waals surface area contributed by atoms with Crippen LogP contribution in [0.5, 0.6) is 0 Å². The number of benzene rings is 1. The van der Waals surface area contributed by atoms with Crippen LogP contribution in [-0.2, 0) is 11.2 Å². The van der Waals surface area contributed by atoms with E-state index in [2.05, 4.69) is 0 Å². The first-order valence-corrected chi connectivity index (χ1v) is 6.91. The molecule has 2 nitrogen and oxygen atoms in total. The Labute approximate surface area is 123 Å². The van der Waals surface area contributed by atoms with Crippen LogP contribution in [0.1, 0.15) is 5.56 Å². The van der Waals surface area contributed by atoms with Gasteiger partial charge in [-0.3, -0.25) is 4.79 Å². The van der Waals surface area contributed by atoms with Crippen LogP contribution in [0.2, 0.25) is 9.36 Å². The van der Waals surface area contributed by atoms with Gasteiger partial charge in [-0.2, -0.15) is 0 Å². The van der Waals surface area contributed by atoms with Gasteiger partial charge in [-0.05, 0) is 24.1 Å². The van der Waals surface area contributed by atoms with Gasteiger partial charge in [0.05, 0.1) is 20.7 Å². The number of hydrogen-bond acceptors (Lipinski definition) is 2. The fourth-order valence-electron chi connectivity index (χ4n) is 1.58. The average molecular weight is 317 g/mol. The third-order valence-corrected chi connectivity index (χ3v) is 4.57. The number of carbonyl (C=O) groups excluding carboxylic acids is 1. The predicted molar refractivity (Wildman–Crippen MR) is 76.9 cm³/mol. The molecule has 1 aromatic carbocycles. The first-order valence-electron chi connectivity index (χ1n) is 5.34. The zero-order valence-electron chi connectivity index (χ0n) is 9.62. The molecular formula is C13H9Cl2FNOS. The summed E-state index contributed by atoms with van der Waals surface area (Å²) in [5.41, 5.74) is 6.50. The van der Waals surface area contributed by atoms with Gasteiger partial charge < -0.3 is 5.73 Å². The van der Waals surface area contributed by atoms with Crippen LogP contribution in [0.15, 0.2) is 24.3 Å². The molecular weight excluding hydrogens is 308 g/mol. The van der Waals surface area contributed by atoms with Crippen molar-refractivity contribution in [3.63, 3.8) is 0 Å². The first-order chi connectivity index (χ1) is 8.99. The van der Waals surface area contributed by atoms with Crippen molar-refractivity contribution in [3.8, 4) is 10.4 Å². The van der Waals surface area contributed by atoms with Gasteiger partial charge in [0.25, 0.3) is 0 Å². The average Bonchev–Trinajstić information content (AvgIpc) is 2.63. The van der Waals surface area contributed by atoms with Crippen molar-refractivity contribution in [3.05, 3.63) is 51.4 Å². The van der Waals surface area contributed by atoms with E-state index in [9.17, 15) is 9.18 Å². The van der Waals surface area contributed by atoms with Crippen LogP contribution in [0, 0.1) is 12.2 Å². The molecule has 0 unspecified atom stereocenters. The minimum Gasteiger partial charge on any atom is -0.369 e. The van der Waals surface area contributed by atoms with Crippen molar-refractivity contribution in [1.29, 1.82) is 0 Å². The molecule has 0 bridgehead atoms. The molecule has 0 spiro atoms. The fourth-order valence-corrected chi connectivity index (χ4v) is 3.44. The van der Waals surface area contributed by atoms with Crippen LogP contribution in [0.3, 0.4) is 0 Å². The number of halogens is 3. The quantitative estimate of drug-likeness (QED) is 0.906. The van der Waals surface area contributed by atoms with Crippen molar-refractivity contribution in [1.82, 2.24) is 0 Å². The van der Waals surface area contributed by atoms with E-state index < -0.39 is 5.91 Å². The Morgan fingerprint density at radius 2 is 1.95 bits per heavy atom. The Morgan fingerprint density at radius 3 is 2.53 bits per heavy atom. The number of carbonyl (C=O) groups is 1. The smallest absolute Gasteiger partial charge is 0.221 e. The number of primary amides is 1. The summed E-state index contributed by atoms with van der Waals surface area (Å²) in [5.74, 6) is -0.841. The topological polar surface area (TPSA) is 43.1 Å². The van der Waals surface area contributed by atoms with Gasteiger partial charge >= 0.3 is 0 Å². The minimum absolute atomic E-state index is 0.282. The second kappa shape index (κ2) is 5.90. The third kappa shape index (κ3) is 3.26. The van der Waals surface area contributed by atoms with Crippen molar-refractivity contribution in [2.24, 2.45) is 5.73 Å². The summed E-state index contributed by atoms with van der Waals surface area (Å²) in [6.07, 6.45) is 1.60. The summed E-state index contributed by atoms with van der Waals surface area (Å²) in [4.78, 5) is 11.5. The van der Waals surface area contributed by atoms with Crippen LogP contribution >= 0.6 is 34.5 Å². The lowest BCUT2D eigenvalue weighted by atomic mass is 10.1. The highest BCUT2D eigenvalue weighted by atomic mass is 35.5. The molecule has 6 heteroatoms. The van der Waals surface area contributed by atoms with E-state index in [1.165, 1.54) is 29.9 Å². The summed E-state index contributed by atoms with van der Waals surface area (Å²) in [7, 11) is 0. The van der Waals surface area contributed by atoms with Gasteiger partial charge in [-0.25, -0.2) is 4.39 Å². The molecule has 1 heterocycles. The molecule has 2 rings (SSSR count). The number of thiophene rings is 1. The SMILES string of the molecule is NC(=O)[CH]Cc1c(Cl)sc(-c2ccc(F)cc2)c1Cl. The van der Waals surface area contributed by atoms with E-state index in [1.54, 1.807) is 12.1 Å². The Kier molecular flexibility index (Phi) is 4.45. The van der Waals surface area contributed by atoms with Gasteiger partial charge in [-0.15, -0.1) is 11.3 Å². The first kappa shape index (κ1) is 14.3. The highest BCUT2D eigenvalue weighted by molar-refractivity contribution is 7.20. The molecule has 0 aliphatic heterocycles. The van der Waals surface area contributed by atoms with E-state index in [-0.39, 0.29) is 12.2 Å². The summed E-state index contributed by atoms with van der Waals surface area (Å²) in [6.45, 7) is 0. The van der Waals surface area contributed by atoms with Crippen LogP contribution in [0.4, 0.5) is 4.39 Å². The molecule has 1 radical (unpaired) electrons. The molecule has 19 heavy (non-hydrogen) atoms. The van der Waals surface area contributed by atoms with Crippen LogP contribution in [0.25, 0.3) is 10.4 Å². The van der Waals surface area contributed by atoms with Gasteiger partial charge in [0.2, 0.25) is 5.91 Å². The van der Waals surface area contributed by atoms with Gasteiger partial charge in [0.15, 0.2) is 0 Å². The molecule has 2 aromatic rings. The summed E-state index contributed by atoms with van der Waals surface area (Å²) in [5, 5.41) is 0.471. The fraction of sp³-hybridized carbons (Fsp3) is 0.0769. The van der Waals surface area contributed by atoms with Gasteiger partial charge in [-0.1, -0.05) is 35.3 Å². The van der Waals surface area contributed by atoms with Gasteiger partial charge in [0.1, 0.15) is 5.82 Å². The van der Waals surface area contributed by atoms with Gasteiger partial charge in [0, 0.05) is 5.56 Å². The molecule has 2 N–H and O–H groups in total. The number of hydrogen-bond donors (Lipinski definition) is 1. The summed E-state index contributed by atoms with van der Waals surface area (Å²) in [6, 6.07) is 5.97. The zero-order chi connectivity index (χ0) is 14.0. The lowest BCUT2D eigenvalue weighted by molar-refractivity contribution is -0.115. The Balaban J connectivity index is 2.35. The largest absolute Gasteiger partial charge is 0.369 e. The molecule has 0 saturated heterocycles. The second-order valence-corrected chi connectivity index (χ2v) is 5.82. The molecule has 0 aliphatic carbocycles. The molecule has 0 fully saturated rings. The molecule has 0 atom stereocenters. The number of rotatable bonds is 4. The standard InChI is InChI=1S/C13H9Cl2FNOS/c14-11-9(5-6-10(17)18)13(15)19-12(11)7-1-3-8(16)4-2-7/h1-4,6H,5H2,(H2,17,18). The van der Waals surface area contributed by atoms with Crippen molar-refractivity contribution in [2.75, 3.05) is 0 Å². The van der Waals surface area contributed by atoms with E-state index >= 15 is 0 Å². The molecule has 0 saturated carbocycles. The molecule has 0 aliphatic rings. The number of amides is 1. The molecule has 1 amide bonds. The maximum atomic E-state index is 12.9. The van der Waals surface area contributed by atoms with Crippen molar-refractivity contribution in [2.45, 2.75) is 6.42 Å². The Hall–Kier alpha value is -1.10. The Bertz CT molecular complexity index is 610. The highest BCUT2D eigenvalue weighted by Crippen LogP contribution is 2.43. The molecule has 99 valence electrons. The van der Waals surface area contributed by atoms with Crippen LogP contribution in [-0.4, -0.2) is 5.91 Å². The van der Waals surface area contributed by atoms with E-state index in [0.29, 0.717) is 14.9 Å². The second-order valence-electron chi connectivity index (χ2n) is 3.81.